The van der Waals surface area contributed by atoms with Gasteiger partial charge in [-0.05, 0) is 119 Å². The first-order valence-corrected chi connectivity index (χ1v) is 17.5. The van der Waals surface area contributed by atoms with Crippen LogP contribution in [0.25, 0.3) is 88.1 Å². The number of rotatable bonds is 5. The van der Waals surface area contributed by atoms with Crippen molar-refractivity contribution in [1.82, 2.24) is 0 Å². The van der Waals surface area contributed by atoms with E-state index in [0.29, 0.717) is 0 Å². The highest BCUT2D eigenvalue weighted by atomic mass is 16.3. The summed E-state index contributed by atoms with van der Waals surface area (Å²) in [5, 5.41) is 9.07. The number of hydrogen-bond acceptors (Lipinski definition) is 4. The van der Waals surface area contributed by atoms with Gasteiger partial charge in [-0.1, -0.05) is 78.9 Å². The fourth-order valence-electron chi connectivity index (χ4n) is 7.66. The molecule has 0 aliphatic carbocycles. The zero-order valence-electron chi connectivity index (χ0n) is 27.9. The van der Waals surface area contributed by atoms with E-state index in [0.717, 1.165) is 105 Å². The molecule has 11 aromatic rings. The Morgan fingerprint density at radius 3 is 1.33 bits per heavy atom. The van der Waals surface area contributed by atoms with Gasteiger partial charge in [0.15, 0.2) is 0 Å². The minimum Gasteiger partial charge on any atom is -0.456 e. The molecule has 11 rings (SSSR count). The molecule has 0 spiro atoms. The highest BCUT2D eigenvalue weighted by molar-refractivity contribution is 6.12. The summed E-state index contributed by atoms with van der Waals surface area (Å²) in [5.74, 6) is 1.68. The third-order valence-corrected chi connectivity index (χ3v) is 10.2. The van der Waals surface area contributed by atoms with Crippen LogP contribution in [-0.4, -0.2) is 0 Å². The van der Waals surface area contributed by atoms with E-state index in [2.05, 4.69) is 126 Å². The molecule has 0 bridgehead atoms. The maximum atomic E-state index is 6.30. The number of fused-ring (bicyclic) bond motifs is 8. The Morgan fingerprint density at radius 1 is 0.288 bits per heavy atom. The molecule has 244 valence electrons. The van der Waals surface area contributed by atoms with E-state index in [9.17, 15) is 0 Å². The van der Waals surface area contributed by atoms with Crippen molar-refractivity contribution in [2.24, 2.45) is 0 Å². The van der Waals surface area contributed by atoms with Crippen LogP contribution < -0.4 is 4.90 Å². The number of anilines is 3. The highest BCUT2D eigenvalue weighted by Gasteiger charge is 2.17. The molecule has 0 saturated heterocycles. The number of hydrogen-bond donors (Lipinski definition) is 0. The Bertz CT molecular complexity index is 2970. The van der Waals surface area contributed by atoms with E-state index in [4.69, 9.17) is 13.3 Å². The molecular formula is C48H29NO3. The quantitative estimate of drug-likeness (QED) is 0.183. The average Bonchev–Trinajstić information content (AvgIpc) is 3.92. The first-order valence-electron chi connectivity index (χ1n) is 17.5. The van der Waals surface area contributed by atoms with Crippen molar-refractivity contribution in [2.75, 3.05) is 4.90 Å². The van der Waals surface area contributed by atoms with E-state index in [1.54, 1.807) is 0 Å². The molecule has 0 aliphatic rings. The SMILES string of the molecule is c1ccc(-c2ccc(-c3ccc(N(c4ccc5cc6c(cc5c4)oc4ccccc46)c4ccc5cc6c(cc5c4)oc4ccccc46)cc3)o2)cc1. The summed E-state index contributed by atoms with van der Waals surface area (Å²) in [4.78, 5) is 2.31. The third-order valence-electron chi connectivity index (χ3n) is 10.2. The lowest BCUT2D eigenvalue weighted by atomic mass is 10.0. The van der Waals surface area contributed by atoms with Crippen molar-refractivity contribution in [2.45, 2.75) is 0 Å². The summed E-state index contributed by atoms with van der Waals surface area (Å²) in [6.45, 7) is 0. The van der Waals surface area contributed by atoms with E-state index >= 15 is 0 Å². The lowest BCUT2D eigenvalue weighted by Gasteiger charge is -2.26. The van der Waals surface area contributed by atoms with Gasteiger partial charge >= 0.3 is 0 Å². The molecule has 3 heterocycles. The normalized spacial score (nSPS) is 11.8. The van der Waals surface area contributed by atoms with Gasteiger partial charge in [-0.2, -0.15) is 0 Å². The predicted octanol–water partition coefficient (Wildman–Crippen LogP) is 14.2. The van der Waals surface area contributed by atoms with Gasteiger partial charge < -0.3 is 18.2 Å². The molecule has 0 saturated carbocycles. The van der Waals surface area contributed by atoms with Gasteiger partial charge in [0.25, 0.3) is 0 Å². The van der Waals surface area contributed by atoms with Gasteiger partial charge in [0.1, 0.15) is 33.9 Å². The van der Waals surface area contributed by atoms with Crippen LogP contribution in [0.3, 0.4) is 0 Å². The van der Waals surface area contributed by atoms with Gasteiger partial charge in [-0.25, -0.2) is 0 Å². The van der Waals surface area contributed by atoms with Crippen molar-refractivity contribution in [3.8, 4) is 22.6 Å². The van der Waals surface area contributed by atoms with Crippen molar-refractivity contribution in [3.63, 3.8) is 0 Å². The van der Waals surface area contributed by atoms with Crippen LogP contribution in [0.1, 0.15) is 0 Å². The molecule has 0 radical (unpaired) electrons. The molecule has 0 amide bonds. The maximum absolute atomic E-state index is 6.30. The average molecular weight is 668 g/mol. The fraction of sp³-hybridized carbons (Fsp3) is 0. The minimum absolute atomic E-state index is 0.832. The first kappa shape index (κ1) is 28.8. The third kappa shape index (κ3) is 4.62. The van der Waals surface area contributed by atoms with Gasteiger partial charge in [0, 0.05) is 49.7 Å². The highest BCUT2D eigenvalue weighted by Crippen LogP contribution is 2.41. The predicted molar refractivity (Wildman–Crippen MR) is 214 cm³/mol. The Labute approximate surface area is 298 Å². The number of nitrogens with zero attached hydrogens (tertiary/aromatic N) is 1. The molecule has 8 aromatic carbocycles. The summed E-state index contributed by atoms with van der Waals surface area (Å²) in [5.41, 5.74) is 8.77. The number of benzene rings is 8. The number of furan rings is 3. The van der Waals surface area contributed by atoms with Crippen LogP contribution in [0.2, 0.25) is 0 Å². The molecule has 0 atom stereocenters. The van der Waals surface area contributed by atoms with Crippen LogP contribution in [0.5, 0.6) is 0 Å². The smallest absolute Gasteiger partial charge is 0.136 e. The zero-order chi connectivity index (χ0) is 34.2. The topological polar surface area (TPSA) is 42.7 Å². The zero-order valence-corrected chi connectivity index (χ0v) is 27.9. The molecule has 0 N–H and O–H groups in total. The van der Waals surface area contributed by atoms with Crippen LogP contribution in [0.4, 0.5) is 17.1 Å². The Hall–Kier alpha value is -7.04. The Kier molecular flexibility index (Phi) is 6.22. The van der Waals surface area contributed by atoms with Crippen molar-refractivity contribution in [1.29, 1.82) is 0 Å². The van der Waals surface area contributed by atoms with E-state index in [1.165, 1.54) is 0 Å². The van der Waals surface area contributed by atoms with Crippen molar-refractivity contribution < 1.29 is 13.3 Å². The van der Waals surface area contributed by atoms with Gasteiger partial charge in [0.05, 0.1) is 0 Å². The monoisotopic (exact) mass is 667 g/mol. The summed E-state index contributed by atoms with van der Waals surface area (Å²) in [6.07, 6.45) is 0. The number of para-hydroxylation sites is 2. The van der Waals surface area contributed by atoms with Crippen molar-refractivity contribution >= 4 is 82.5 Å². The van der Waals surface area contributed by atoms with Crippen LogP contribution >= 0.6 is 0 Å². The van der Waals surface area contributed by atoms with Crippen LogP contribution in [0, 0.1) is 0 Å². The molecule has 3 aromatic heterocycles. The van der Waals surface area contributed by atoms with E-state index in [-0.39, 0.29) is 0 Å². The lowest BCUT2D eigenvalue weighted by molar-refractivity contribution is 0.597. The second-order valence-electron chi connectivity index (χ2n) is 13.4. The van der Waals surface area contributed by atoms with Gasteiger partial charge in [0.2, 0.25) is 0 Å². The molecule has 0 unspecified atom stereocenters. The summed E-state index contributed by atoms with van der Waals surface area (Å²) < 4.78 is 18.9. The summed E-state index contributed by atoms with van der Waals surface area (Å²) in [7, 11) is 0. The van der Waals surface area contributed by atoms with Gasteiger partial charge in [-0.3, -0.25) is 0 Å². The minimum atomic E-state index is 0.832. The maximum Gasteiger partial charge on any atom is 0.136 e. The Morgan fingerprint density at radius 2 is 0.769 bits per heavy atom. The Balaban J connectivity index is 1.05. The standard InChI is InChI=1S/C48H29NO3/c1-2-8-30(9-3-1)43-22-23-44(50-43)31-14-18-36(19-15-31)49(37-20-16-32-26-41-39-10-4-6-12-45(39)51-47(41)28-34(32)24-37)38-21-17-33-27-42-40-11-5-7-13-46(40)52-48(42)29-35(33)25-38/h1-29H. The van der Waals surface area contributed by atoms with E-state index in [1.807, 2.05) is 54.6 Å². The second kappa shape index (κ2) is 11.2. The first-order chi connectivity index (χ1) is 25.7. The van der Waals surface area contributed by atoms with Crippen LogP contribution in [0.15, 0.2) is 189 Å². The van der Waals surface area contributed by atoms with E-state index < -0.39 is 0 Å². The molecule has 52 heavy (non-hydrogen) atoms. The molecular weight excluding hydrogens is 639 g/mol. The molecule has 0 aliphatic heterocycles. The van der Waals surface area contributed by atoms with Gasteiger partial charge in [-0.15, -0.1) is 0 Å². The second-order valence-corrected chi connectivity index (χ2v) is 13.4. The molecule has 0 fully saturated rings. The summed E-state index contributed by atoms with van der Waals surface area (Å²) >= 11 is 0. The molecule has 4 nitrogen and oxygen atoms in total. The van der Waals surface area contributed by atoms with Crippen LogP contribution in [-0.2, 0) is 0 Å². The van der Waals surface area contributed by atoms with Crippen molar-refractivity contribution in [3.05, 3.63) is 176 Å². The largest absolute Gasteiger partial charge is 0.456 e. The summed E-state index contributed by atoms with van der Waals surface area (Å²) in [6, 6.07) is 61.5. The fourth-order valence-corrected chi connectivity index (χ4v) is 7.66. The molecule has 4 heteroatoms. The lowest BCUT2D eigenvalue weighted by Crippen LogP contribution is -2.09.